The van der Waals surface area contributed by atoms with E-state index in [1.54, 1.807) is 13.2 Å². The molecule has 0 N–H and O–H groups in total. The molecule has 1 fully saturated rings. The molecule has 5 rings (SSSR count). The van der Waals surface area contributed by atoms with Gasteiger partial charge < -0.3 is 18.8 Å². The van der Waals surface area contributed by atoms with Crippen molar-refractivity contribution in [2.45, 2.75) is 25.4 Å². The van der Waals surface area contributed by atoms with E-state index in [9.17, 15) is 9.59 Å². The maximum absolute atomic E-state index is 13.1. The summed E-state index contributed by atoms with van der Waals surface area (Å²) in [6.07, 6.45) is 3.02. The maximum Gasteiger partial charge on any atom is 0.250 e. The average molecular weight is 377 g/mol. The van der Waals surface area contributed by atoms with Crippen LogP contribution in [0.2, 0.25) is 0 Å². The van der Waals surface area contributed by atoms with Gasteiger partial charge in [-0.15, -0.1) is 0 Å². The van der Waals surface area contributed by atoms with Crippen LogP contribution in [0.25, 0.3) is 10.9 Å². The van der Waals surface area contributed by atoms with Crippen LogP contribution in [0.5, 0.6) is 5.75 Å². The molecule has 144 valence electrons. The second-order valence-electron chi connectivity index (χ2n) is 7.87. The molecule has 6 nitrogen and oxygen atoms in total. The SMILES string of the molecule is COc1ccc2c(ccn2CC(=O)N2C[C@@H]3C[C@@H](C2)c2cccc(=O)n2C3)c1. The van der Waals surface area contributed by atoms with Gasteiger partial charge in [-0.3, -0.25) is 9.59 Å². The molecule has 2 aliphatic rings. The lowest BCUT2D eigenvalue weighted by Crippen LogP contribution is -2.49. The second kappa shape index (κ2) is 6.55. The smallest absolute Gasteiger partial charge is 0.250 e. The standard InChI is InChI=1S/C22H23N3O3/c1-28-18-5-6-19-16(10-18)7-8-23(19)14-22(27)24-11-15-9-17(13-24)20-3-2-4-21(26)25(20)12-15/h2-8,10,15,17H,9,11-14H2,1H3/t15-,17-/m0/s1. The van der Waals surface area contributed by atoms with Crippen LogP contribution in [-0.4, -0.2) is 40.1 Å². The maximum atomic E-state index is 13.1. The summed E-state index contributed by atoms with van der Waals surface area (Å²) in [5, 5.41) is 1.07. The van der Waals surface area contributed by atoms with E-state index in [0.717, 1.165) is 35.3 Å². The molecule has 1 aromatic carbocycles. The van der Waals surface area contributed by atoms with Crippen LogP contribution < -0.4 is 10.3 Å². The lowest BCUT2D eigenvalue weighted by molar-refractivity contribution is -0.134. The number of carbonyl (C=O) groups is 1. The van der Waals surface area contributed by atoms with Gasteiger partial charge in [0.2, 0.25) is 5.91 Å². The number of nitrogens with zero attached hydrogens (tertiary/aromatic N) is 3. The topological polar surface area (TPSA) is 56.5 Å². The van der Waals surface area contributed by atoms with Crippen molar-refractivity contribution in [2.24, 2.45) is 5.92 Å². The zero-order valence-corrected chi connectivity index (χ0v) is 15.9. The third-order valence-electron chi connectivity index (χ3n) is 6.12. The Hall–Kier alpha value is -3.02. The van der Waals surface area contributed by atoms with Gasteiger partial charge in [-0.2, -0.15) is 0 Å². The molecule has 2 atom stereocenters. The summed E-state index contributed by atoms with van der Waals surface area (Å²) < 4.78 is 9.17. The van der Waals surface area contributed by atoms with E-state index < -0.39 is 0 Å². The third-order valence-corrected chi connectivity index (χ3v) is 6.12. The Bertz CT molecular complexity index is 1110. The van der Waals surface area contributed by atoms with Crippen molar-refractivity contribution in [3.8, 4) is 5.75 Å². The number of carbonyl (C=O) groups excluding carboxylic acids is 1. The molecule has 28 heavy (non-hydrogen) atoms. The van der Waals surface area contributed by atoms with E-state index in [1.807, 2.05) is 56.6 Å². The molecule has 3 aromatic rings. The van der Waals surface area contributed by atoms with Crippen LogP contribution >= 0.6 is 0 Å². The largest absolute Gasteiger partial charge is 0.497 e. The van der Waals surface area contributed by atoms with Gasteiger partial charge in [0.25, 0.3) is 5.56 Å². The van der Waals surface area contributed by atoms with Gasteiger partial charge in [-0.1, -0.05) is 6.07 Å². The van der Waals surface area contributed by atoms with Crippen molar-refractivity contribution >= 4 is 16.8 Å². The number of methoxy groups -OCH3 is 1. The fourth-order valence-corrected chi connectivity index (χ4v) is 4.79. The number of pyridine rings is 1. The Labute approximate surface area is 162 Å². The molecule has 0 aliphatic carbocycles. The molecule has 0 unspecified atom stereocenters. The van der Waals surface area contributed by atoms with Crippen molar-refractivity contribution in [2.75, 3.05) is 20.2 Å². The number of ether oxygens (including phenoxy) is 1. The van der Waals surface area contributed by atoms with Crippen molar-refractivity contribution in [1.29, 1.82) is 0 Å². The molecule has 0 saturated carbocycles. The monoisotopic (exact) mass is 377 g/mol. The summed E-state index contributed by atoms with van der Waals surface area (Å²) in [6, 6.07) is 13.4. The summed E-state index contributed by atoms with van der Waals surface area (Å²) in [7, 11) is 1.65. The zero-order chi connectivity index (χ0) is 19.3. The Kier molecular flexibility index (Phi) is 4.00. The van der Waals surface area contributed by atoms with Crippen LogP contribution in [0.1, 0.15) is 18.0 Å². The number of hydrogen-bond acceptors (Lipinski definition) is 3. The van der Waals surface area contributed by atoms with Crippen molar-refractivity contribution in [3.05, 3.63) is 64.7 Å². The molecular formula is C22H23N3O3. The lowest BCUT2D eigenvalue weighted by atomic mass is 9.83. The number of piperidine rings is 1. The highest BCUT2D eigenvalue weighted by Gasteiger charge is 2.36. The van der Waals surface area contributed by atoms with E-state index in [1.165, 1.54) is 0 Å². The van der Waals surface area contributed by atoms with E-state index >= 15 is 0 Å². The van der Waals surface area contributed by atoms with Gasteiger partial charge in [0.15, 0.2) is 0 Å². The fourth-order valence-electron chi connectivity index (χ4n) is 4.79. The molecule has 0 spiro atoms. The molecule has 6 heteroatoms. The quantitative estimate of drug-likeness (QED) is 0.705. The molecule has 1 saturated heterocycles. The number of rotatable bonds is 3. The van der Waals surface area contributed by atoms with Crippen LogP contribution in [-0.2, 0) is 17.9 Å². The van der Waals surface area contributed by atoms with E-state index in [0.29, 0.717) is 25.6 Å². The van der Waals surface area contributed by atoms with Crippen LogP contribution in [0.3, 0.4) is 0 Å². The van der Waals surface area contributed by atoms with E-state index in [4.69, 9.17) is 4.74 Å². The zero-order valence-electron chi connectivity index (χ0n) is 15.9. The molecule has 2 aromatic heterocycles. The van der Waals surface area contributed by atoms with Gasteiger partial charge in [0.1, 0.15) is 12.3 Å². The highest BCUT2D eigenvalue weighted by Crippen LogP contribution is 2.35. The molecule has 2 bridgehead atoms. The molecule has 1 amide bonds. The Morgan fingerprint density at radius 1 is 1.14 bits per heavy atom. The lowest BCUT2D eigenvalue weighted by Gasteiger charge is -2.42. The minimum absolute atomic E-state index is 0.0706. The first kappa shape index (κ1) is 17.1. The predicted molar refractivity (Wildman–Crippen MR) is 107 cm³/mol. The summed E-state index contributed by atoms with van der Waals surface area (Å²) >= 11 is 0. The molecule has 0 radical (unpaired) electrons. The summed E-state index contributed by atoms with van der Waals surface area (Å²) in [5.41, 5.74) is 2.17. The molecule has 2 aliphatic heterocycles. The predicted octanol–water partition coefficient (Wildman–Crippen LogP) is 2.46. The Morgan fingerprint density at radius 2 is 2.04 bits per heavy atom. The number of likely N-dealkylation sites (tertiary alicyclic amines) is 1. The first-order valence-electron chi connectivity index (χ1n) is 9.73. The van der Waals surface area contributed by atoms with E-state index in [2.05, 4.69) is 0 Å². The third kappa shape index (κ3) is 2.80. The normalized spacial score (nSPS) is 20.8. The minimum Gasteiger partial charge on any atom is -0.497 e. The summed E-state index contributed by atoms with van der Waals surface area (Å²) in [5.74, 6) is 1.54. The highest BCUT2D eigenvalue weighted by atomic mass is 16.5. The van der Waals surface area contributed by atoms with E-state index in [-0.39, 0.29) is 17.4 Å². The van der Waals surface area contributed by atoms with Crippen LogP contribution in [0, 0.1) is 5.92 Å². The number of amides is 1. The van der Waals surface area contributed by atoms with Gasteiger partial charge >= 0.3 is 0 Å². The summed E-state index contributed by atoms with van der Waals surface area (Å²) in [6.45, 7) is 2.45. The van der Waals surface area contributed by atoms with Gasteiger partial charge in [-0.25, -0.2) is 0 Å². The van der Waals surface area contributed by atoms with Gasteiger partial charge in [0, 0.05) is 54.4 Å². The number of hydrogen-bond donors (Lipinski definition) is 0. The van der Waals surface area contributed by atoms with Gasteiger partial charge in [0.05, 0.1) is 7.11 Å². The Balaban J connectivity index is 1.37. The van der Waals surface area contributed by atoms with Crippen molar-refractivity contribution in [1.82, 2.24) is 14.0 Å². The number of aromatic nitrogens is 2. The Morgan fingerprint density at radius 3 is 2.89 bits per heavy atom. The van der Waals surface area contributed by atoms with Crippen LogP contribution in [0.4, 0.5) is 0 Å². The first-order valence-corrected chi connectivity index (χ1v) is 9.73. The first-order chi connectivity index (χ1) is 13.6. The fraction of sp³-hybridized carbons (Fsp3) is 0.364. The number of fused-ring (bicyclic) bond motifs is 5. The molecule has 4 heterocycles. The van der Waals surface area contributed by atoms with Crippen molar-refractivity contribution in [3.63, 3.8) is 0 Å². The summed E-state index contributed by atoms with van der Waals surface area (Å²) in [4.78, 5) is 27.2. The average Bonchev–Trinajstić information content (AvgIpc) is 3.10. The van der Waals surface area contributed by atoms with Crippen molar-refractivity contribution < 1.29 is 9.53 Å². The minimum atomic E-state index is 0.0706. The highest BCUT2D eigenvalue weighted by molar-refractivity contribution is 5.84. The van der Waals surface area contributed by atoms with Gasteiger partial charge in [-0.05, 0) is 42.7 Å². The van der Waals surface area contributed by atoms with Crippen LogP contribution in [0.15, 0.2) is 53.5 Å². The molecular weight excluding hydrogens is 354 g/mol. The second-order valence-corrected chi connectivity index (χ2v) is 7.87. The number of benzene rings is 1.